The van der Waals surface area contributed by atoms with E-state index in [0.29, 0.717) is 11.3 Å². The summed E-state index contributed by atoms with van der Waals surface area (Å²) in [4.78, 5) is 28.5. The number of sulfonamides is 1. The van der Waals surface area contributed by atoms with Crippen LogP contribution in [0.25, 0.3) is 11.0 Å². The minimum atomic E-state index is -3.59. The number of aryl methyl sites for hydroxylation is 2. The zero-order valence-corrected chi connectivity index (χ0v) is 19.1. The highest BCUT2D eigenvalue weighted by Gasteiger charge is 2.19. The van der Waals surface area contributed by atoms with E-state index in [9.17, 15) is 22.4 Å². The second-order valence-corrected chi connectivity index (χ2v) is 9.49. The van der Waals surface area contributed by atoms with E-state index in [4.69, 9.17) is 4.74 Å². The molecule has 33 heavy (non-hydrogen) atoms. The number of imidazole rings is 1. The summed E-state index contributed by atoms with van der Waals surface area (Å²) >= 11 is 0. The van der Waals surface area contributed by atoms with Crippen LogP contribution < -0.4 is 15.6 Å². The van der Waals surface area contributed by atoms with E-state index in [1.54, 1.807) is 23.7 Å². The lowest BCUT2D eigenvalue weighted by Gasteiger charge is -2.11. The summed E-state index contributed by atoms with van der Waals surface area (Å²) in [6, 6.07) is 10.3. The summed E-state index contributed by atoms with van der Waals surface area (Å²) in [5.41, 5.74) is 5.68. The molecule has 0 atom stereocenters. The molecule has 3 rings (SSSR count). The number of aromatic nitrogens is 2. The van der Waals surface area contributed by atoms with Gasteiger partial charge in [0.25, 0.3) is 5.91 Å². The van der Waals surface area contributed by atoms with E-state index >= 15 is 0 Å². The fourth-order valence-corrected chi connectivity index (χ4v) is 3.92. The Kier molecular flexibility index (Phi) is 7.29. The molecule has 1 heterocycles. The van der Waals surface area contributed by atoms with Gasteiger partial charge in [0, 0.05) is 34.0 Å². The average molecular weight is 478 g/mol. The molecule has 2 aromatic carbocycles. The molecule has 10 nitrogen and oxygen atoms in total. The van der Waals surface area contributed by atoms with Crippen LogP contribution in [0.2, 0.25) is 0 Å². The molecule has 3 aromatic rings. The molecule has 176 valence electrons. The summed E-state index contributed by atoms with van der Waals surface area (Å²) in [5, 5.41) is 0. The maximum atomic E-state index is 13.5. The van der Waals surface area contributed by atoms with Gasteiger partial charge in [0.2, 0.25) is 15.9 Å². The predicted octanol–water partition coefficient (Wildman–Crippen LogP) is 1.12. The molecule has 0 radical (unpaired) electrons. The van der Waals surface area contributed by atoms with Crippen molar-refractivity contribution in [2.24, 2.45) is 7.05 Å². The third-order valence-corrected chi connectivity index (χ3v) is 6.65. The van der Waals surface area contributed by atoms with Gasteiger partial charge in [0.05, 0.1) is 15.9 Å². The lowest BCUT2D eigenvalue weighted by molar-refractivity contribution is -0.130. The molecule has 0 aliphatic heterocycles. The van der Waals surface area contributed by atoms with Gasteiger partial charge in [-0.25, -0.2) is 22.1 Å². The third-order valence-electron chi connectivity index (χ3n) is 4.84. The number of hydrogen-bond acceptors (Lipinski definition) is 6. The molecule has 2 amide bonds. The quantitative estimate of drug-likeness (QED) is 0.469. The number of para-hydroxylation sites is 1. The predicted molar refractivity (Wildman–Crippen MR) is 118 cm³/mol. The second kappa shape index (κ2) is 9.96. The standard InChI is InChI=1S/C21H24FN5O5S/c1-26(2)33(30,31)14-8-9-17-16(12-14)23-19(27(17)3)10-11-20(28)24-25-21(29)13-32-18-7-5-4-6-15(18)22/h4-9,12H,10-11,13H2,1-3H3,(H,24,28)(H,25,29). The number of ether oxygens (including phenoxy) is 1. The molecule has 0 fully saturated rings. The molecule has 0 aliphatic carbocycles. The Labute approximate surface area is 190 Å². The maximum Gasteiger partial charge on any atom is 0.276 e. The van der Waals surface area contributed by atoms with Crippen LogP contribution in [-0.4, -0.2) is 54.8 Å². The van der Waals surface area contributed by atoms with Gasteiger partial charge in [-0.15, -0.1) is 0 Å². The number of hydrazine groups is 1. The first-order chi connectivity index (χ1) is 15.6. The molecular weight excluding hydrogens is 453 g/mol. The summed E-state index contributed by atoms with van der Waals surface area (Å²) in [5.74, 6) is -1.19. The van der Waals surface area contributed by atoms with Crippen LogP contribution in [0.3, 0.4) is 0 Å². The van der Waals surface area contributed by atoms with Gasteiger partial charge >= 0.3 is 0 Å². The van der Waals surface area contributed by atoms with Gasteiger partial charge in [-0.2, -0.15) is 0 Å². The van der Waals surface area contributed by atoms with Crippen molar-refractivity contribution in [2.45, 2.75) is 17.7 Å². The average Bonchev–Trinajstić information content (AvgIpc) is 3.10. The molecular formula is C21H24FN5O5S. The SMILES string of the molecule is CN(C)S(=O)(=O)c1ccc2c(c1)nc(CCC(=O)NNC(=O)COc1ccccc1F)n2C. The summed E-state index contributed by atoms with van der Waals surface area (Å²) in [7, 11) is 1.08. The topological polar surface area (TPSA) is 123 Å². The van der Waals surface area contributed by atoms with Gasteiger partial charge in [0.1, 0.15) is 5.82 Å². The zero-order valence-electron chi connectivity index (χ0n) is 18.3. The number of benzene rings is 2. The summed E-state index contributed by atoms with van der Waals surface area (Å²) in [6.45, 7) is -0.468. The van der Waals surface area contributed by atoms with Crippen LogP contribution in [0.15, 0.2) is 47.4 Å². The largest absolute Gasteiger partial charge is 0.481 e. The Bertz CT molecular complexity index is 1290. The Morgan fingerprint density at radius 1 is 1.12 bits per heavy atom. The lowest BCUT2D eigenvalue weighted by Crippen LogP contribution is -2.44. The highest BCUT2D eigenvalue weighted by Crippen LogP contribution is 2.22. The van der Waals surface area contributed by atoms with Crippen LogP contribution in [0.5, 0.6) is 5.75 Å². The van der Waals surface area contributed by atoms with Gasteiger partial charge in [-0.3, -0.25) is 20.4 Å². The molecule has 0 saturated carbocycles. The minimum absolute atomic E-state index is 0.0223. The number of carbonyl (C=O) groups excluding carboxylic acids is 2. The fourth-order valence-electron chi connectivity index (χ4n) is 2.99. The Morgan fingerprint density at radius 2 is 1.82 bits per heavy atom. The van der Waals surface area contributed by atoms with E-state index in [-0.39, 0.29) is 23.5 Å². The molecule has 0 bridgehead atoms. The molecule has 12 heteroatoms. The third kappa shape index (κ3) is 5.65. The van der Waals surface area contributed by atoms with Crippen LogP contribution in [0.4, 0.5) is 4.39 Å². The monoisotopic (exact) mass is 477 g/mol. The van der Waals surface area contributed by atoms with Gasteiger partial charge < -0.3 is 9.30 Å². The number of amides is 2. The van der Waals surface area contributed by atoms with E-state index in [1.807, 2.05) is 0 Å². The Hall–Kier alpha value is -3.51. The number of nitrogens with one attached hydrogen (secondary N) is 2. The number of halogens is 1. The number of hydrogen-bond donors (Lipinski definition) is 2. The Morgan fingerprint density at radius 3 is 2.52 bits per heavy atom. The second-order valence-electron chi connectivity index (χ2n) is 7.34. The molecule has 2 N–H and O–H groups in total. The summed E-state index contributed by atoms with van der Waals surface area (Å²) < 4.78 is 46.1. The van der Waals surface area contributed by atoms with Crippen LogP contribution in [0, 0.1) is 5.82 Å². The minimum Gasteiger partial charge on any atom is -0.481 e. The van der Waals surface area contributed by atoms with Gasteiger partial charge in [0.15, 0.2) is 18.2 Å². The van der Waals surface area contributed by atoms with Crippen molar-refractivity contribution in [3.8, 4) is 5.75 Å². The highest BCUT2D eigenvalue weighted by molar-refractivity contribution is 7.89. The first kappa shape index (κ1) is 24.1. The van der Waals surface area contributed by atoms with Crippen molar-refractivity contribution in [2.75, 3.05) is 20.7 Å². The molecule has 0 saturated heterocycles. The number of carbonyl (C=O) groups is 2. The van der Waals surface area contributed by atoms with Crippen LogP contribution in [0.1, 0.15) is 12.2 Å². The van der Waals surface area contributed by atoms with E-state index in [1.165, 1.54) is 44.4 Å². The number of fused-ring (bicyclic) bond motifs is 1. The van der Waals surface area contributed by atoms with E-state index < -0.39 is 34.3 Å². The first-order valence-corrected chi connectivity index (χ1v) is 11.4. The maximum absolute atomic E-state index is 13.5. The van der Waals surface area contributed by atoms with Crippen molar-refractivity contribution in [3.05, 3.63) is 54.1 Å². The van der Waals surface area contributed by atoms with Crippen molar-refractivity contribution in [1.82, 2.24) is 24.7 Å². The van der Waals surface area contributed by atoms with Crippen molar-refractivity contribution in [1.29, 1.82) is 0 Å². The summed E-state index contributed by atoms with van der Waals surface area (Å²) in [6.07, 6.45) is 0.281. The van der Waals surface area contributed by atoms with Crippen LogP contribution in [-0.2, 0) is 33.1 Å². The first-order valence-electron chi connectivity index (χ1n) is 9.92. The van der Waals surface area contributed by atoms with E-state index in [2.05, 4.69) is 15.8 Å². The molecule has 0 spiro atoms. The molecule has 0 unspecified atom stereocenters. The number of nitrogens with zero attached hydrogens (tertiary/aromatic N) is 3. The van der Waals surface area contributed by atoms with Crippen molar-refractivity contribution in [3.63, 3.8) is 0 Å². The van der Waals surface area contributed by atoms with Crippen molar-refractivity contribution < 1.29 is 27.1 Å². The zero-order chi connectivity index (χ0) is 24.2. The Balaban J connectivity index is 1.54. The van der Waals surface area contributed by atoms with Crippen LogP contribution >= 0.6 is 0 Å². The van der Waals surface area contributed by atoms with Gasteiger partial charge in [-0.05, 0) is 30.3 Å². The fraction of sp³-hybridized carbons (Fsp3) is 0.286. The lowest BCUT2D eigenvalue weighted by atomic mass is 10.3. The van der Waals surface area contributed by atoms with E-state index in [0.717, 1.165) is 9.82 Å². The molecule has 0 aliphatic rings. The highest BCUT2D eigenvalue weighted by atomic mass is 32.2. The van der Waals surface area contributed by atoms with Gasteiger partial charge in [-0.1, -0.05) is 12.1 Å². The number of rotatable bonds is 8. The smallest absolute Gasteiger partial charge is 0.276 e. The normalized spacial score (nSPS) is 11.5. The van der Waals surface area contributed by atoms with Crippen molar-refractivity contribution >= 4 is 32.9 Å². The molecule has 1 aromatic heterocycles.